The highest BCUT2D eigenvalue weighted by molar-refractivity contribution is 9.10. The van der Waals surface area contributed by atoms with Crippen molar-refractivity contribution >= 4 is 15.9 Å². The summed E-state index contributed by atoms with van der Waals surface area (Å²) in [6.07, 6.45) is 3.71. The number of hydrogen-bond donors (Lipinski definition) is 1. The smallest absolute Gasteiger partial charge is 0.0294 e. The molecule has 0 saturated heterocycles. The molecule has 0 saturated carbocycles. The molecule has 90 valence electrons. The number of nitrogens with one attached hydrogen (secondary N) is 1. The van der Waals surface area contributed by atoms with Gasteiger partial charge >= 0.3 is 0 Å². The lowest BCUT2D eigenvalue weighted by Crippen LogP contribution is -2.30. The number of halogens is 1. The molecule has 2 unspecified atom stereocenters. The molecular formula is C14H22BrN. The van der Waals surface area contributed by atoms with Crippen LogP contribution in [0.15, 0.2) is 28.7 Å². The van der Waals surface area contributed by atoms with Gasteiger partial charge in [0.05, 0.1) is 0 Å². The van der Waals surface area contributed by atoms with Gasteiger partial charge in [0.25, 0.3) is 0 Å². The summed E-state index contributed by atoms with van der Waals surface area (Å²) in [6, 6.07) is 9.60. The molecule has 0 aliphatic carbocycles. The van der Waals surface area contributed by atoms with Crippen molar-refractivity contribution < 1.29 is 0 Å². The van der Waals surface area contributed by atoms with Crippen molar-refractivity contribution in [1.82, 2.24) is 5.32 Å². The van der Waals surface area contributed by atoms with Gasteiger partial charge in [0.15, 0.2) is 0 Å². The van der Waals surface area contributed by atoms with Crippen LogP contribution < -0.4 is 5.32 Å². The molecule has 1 nitrogen and oxygen atoms in total. The lowest BCUT2D eigenvalue weighted by atomic mass is 10.0. The monoisotopic (exact) mass is 283 g/mol. The number of benzene rings is 1. The first-order valence-corrected chi connectivity index (χ1v) is 6.98. The minimum atomic E-state index is 0.425. The van der Waals surface area contributed by atoms with Gasteiger partial charge in [-0.05, 0) is 37.5 Å². The van der Waals surface area contributed by atoms with E-state index in [0.717, 1.165) is 4.47 Å². The Hall–Kier alpha value is -0.340. The molecule has 0 fully saturated rings. The van der Waals surface area contributed by atoms with Gasteiger partial charge in [-0.2, -0.15) is 0 Å². The van der Waals surface area contributed by atoms with E-state index in [2.05, 4.69) is 66.3 Å². The van der Waals surface area contributed by atoms with Crippen LogP contribution in [-0.2, 0) is 0 Å². The SMILES string of the molecule is CCCC(CC)NC(C)c1cccc(Br)c1. The Kier molecular flexibility index (Phi) is 6.07. The quantitative estimate of drug-likeness (QED) is 0.800. The molecule has 0 amide bonds. The zero-order valence-electron chi connectivity index (χ0n) is 10.5. The molecule has 0 spiro atoms. The van der Waals surface area contributed by atoms with Crippen LogP contribution in [-0.4, -0.2) is 6.04 Å². The number of rotatable bonds is 6. The van der Waals surface area contributed by atoms with E-state index in [-0.39, 0.29) is 0 Å². The highest BCUT2D eigenvalue weighted by Gasteiger charge is 2.10. The first-order valence-electron chi connectivity index (χ1n) is 6.18. The van der Waals surface area contributed by atoms with Crippen LogP contribution >= 0.6 is 15.9 Å². The average Bonchev–Trinajstić information content (AvgIpc) is 2.28. The molecule has 0 aromatic heterocycles. The molecule has 1 rings (SSSR count). The molecular weight excluding hydrogens is 262 g/mol. The molecule has 1 aromatic rings. The van der Waals surface area contributed by atoms with Crippen molar-refractivity contribution in [2.75, 3.05) is 0 Å². The highest BCUT2D eigenvalue weighted by atomic mass is 79.9. The largest absolute Gasteiger partial charge is 0.307 e. The minimum Gasteiger partial charge on any atom is -0.307 e. The maximum absolute atomic E-state index is 3.69. The Morgan fingerprint density at radius 3 is 2.62 bits per heavy atom. The first kappa shape index (κ1) is 13.7. The molecule has 16 heavy (non-hydrogen) atoms. The summed E-state index contributed by atoms with van der Waals surface area (Å²) >= 11 is 3.52. The fourth-order valence-corrected chi connectivity index (χ4v) is 2.40. The molecule has 1 aromatic carbocycles. The lowest BCUT2D eigenvalue weighted by molar-refractivity contribution is 0.417. The van der Waals surface area contributed by atoms with Crippen molar-refractivity contribution in [1.29, 1.82) is 0 Å². The van der Waals surface area contributed by atoms with Crippen molar-refractivity contribution in [2.24, 2.45) is 0 Å². The maximum Gasteiger partial charge on any atom is 0.0294 e. The maximum atomic E-state index is 3.69. The molecule has 0 aliphatic heterocycles. The second kappa shape index (κ2) is 7.08. The van der Waals surface area contributed by atoms with Crippen molar-refractivity contribution in [3.63, 3.8) is 0 Å². The molecule has 2 heteroatoms. The molecule has 0 aliphatic rings. The van der Waals surface area contributed by atoms with Crippen LogP contribution in [0.25, 0.3) is 0 Å². The molecule has 2 atom stereocenters. The zero-order valence-corrected chi connectivity index (χ0v) is 12.0. The minimum absolute atomic E-state index is 0.425. The Morgan fingerprint density at radius 1 is 1.31 bits per heavy atom. The van der Waals surface area contributed by atoms with Crippen molar-refractivity contribution in [2.45, 2.75) is 52.1 Å². The van der Waals surface area contributed by atoms with Crippen LogP contribution in [0, 0.1) is 0 Å². The van der Waals surface area contributed by atoms with E-state index in [1.165, 1.54) is 24.8 Å². The Morgan fingerprint density at radius 2 is 2.06 bits per heavy atom. The summed E-state index contributed by atoms with van der Waals surface area (Å²) in [5.74, 6) is 0. The first-order chi connectivity index (χ1) is 7.67. The summed E-state index contributed by atoms with van der Waals surface area (Å²) in [7, 11) is 0. The molecule has 1 N–H and O–H groups in total. The van der Waals surface area contributed by atoms with E-state index in [1.807, 2.05) is 0 Å². The normalized spacial score (nSPS) is 14.8. The topological polar surface area (TPSA) is 12.0 Å². The second-order valence-corrected chi connectivity index (χ2v) is 5.25. The van der Waals surface area contributed by atoms with E-state index in [9.17, 15) is 0 Å². The summed E-state index contributed by atoms with van der Waals surface area (Å²) < 4.78 is 1.15. The van der Waals surface area contributed by atoms with E-state index in [0.29, 0.717) is 12.1 Å². The molecule has 0 bridgehead atoms. The van der Waals surface area contributed by atoms with Crippen molar-refractivity contribution in [3.8, 4) is 0 Å². The van der Waals surface area contributed by atoms with E-state index in [4.69, 9.17) is 0 Å². The van der Waals surface area contributed by atoms with Gasteiger partial charge in [0.2, 0.25) is 0 Å². The van der Waals surface area contributed by atoms with Gasteiger partial charge < -0.3 is 5.32 Å². The van der Waals surface area contributed by atoms with Gasteiger partial charge in [-0.1, -0.05) is 48.3 Å². The Bertz CT molecular complexity index is 311. The third-order valence-electron chi connectivity index (χ3n) is 2.96. The predicted octanol–water partition coefficient (Wildman–Crippen LogP) is 4.68. The Labute approximate surface area is 108 Å². The van der Waals surface area contributed by atoms with Gasteiger partial charge in [-0.15, -0.1) is 0 Å². The third kappa shape index (κ3) is 4.26. The summed E-state index contributed by atoms with van der Waals surface area (Å²) in [5.41, 5.74) is 1.35. The highest BCUT2D eigenvalue weighted by Crippen LogP contribution is 2.19. The van der Waals surface area contributed by atoms with E-state index in [1.54, 1.807) is 0 Å². The second-order valence-electron chi connectivity index (χ2n) is 4.34. The van der Waals surface area contributed by atoms with Gasteiger partial charge in [0, 0.05) is 16.6 Å². The lowest BCUT2D eigenvalue weighted by Gasteiger charge is -2.22. The molecule has 0 radical (unpaired) electrons. The molecule has 0 heterocycles. The van der Waals surface area contributed by atoms with Gasteiger partial charge in [0.1, 0.15) is 0 Å². The van der Waals surface area contributed by atoms with Gasteiger partial charge in [-0.3, -0.25) is 0 Å². The fraction of sp³-hybridized carbons (Fsp3) is 0.571. The third-order valence-corrected chi connectivity index (χ3v) is 3.46. The van der Waals surface area contributed by atoms with Crippen molar-refractivity contribution in [3.05, 3.63) is 34.3 Å². The summed E-state index contributed by atoms with van der Waals surface area (Å²) in [6.45, 7) is 6.73. The van der Waals surface area contributed by atoms with Crippen LogP contribution in [0.1, 0.15) is 51.6 Å². The van der Waals surface area contributed by atoms with E-state index < -0.39 is 0 Å². The summed E-state index contributed by atoms with van der Waals surface area (Å²) in [5, 5.41) is 3.69. The van der Waals surface area contributed by atoms with Crippen LogP contribution in [0.4, 0.5) is 0 Å². The van der Waals surface area contributed by atoms with Crippen LogP contribution in [0.2, 0.25) is 0 Å². The van der Waals surface area contributed by atoms with Crippen LogP contribution in [0.3, 0.4) is 0 Å². The van der Waals surface area contributed by atoms with Gasteiger partial charge in [-0.25, -0.2) is 0 Å². The van der Waals surface area contributed by atoms with Crippen LogP contribution in [0.5, 0.6) is 0 Å². The Balaban J connectivity index is 2.60. The fourth-order valence-electron chi connectivity index (χ4n) is 1.98. The predicted molar refractivity (Wildman–Crippen MR) is 74.7 cm³/mol. The number of hydrogen-bond acceptors (Lipinski definition) is 1. The zero-order chi connectivity index (χ0) is 12.0. The average molecular weight is 284 g/mol. The standard InChI is InChI=1S/C14H22BrN/c1-4-7-14(5-2)16-11(3)12-8-6-9-13(15)10-12/h6,8-11,14,16H,4-5,7H2,1-3H3. The summed E-state index contributed by atoms with van der Waals surface area (Å²) in [4.78, 5) is 0. The van der Waals surface area contributed by atoms with E-state index >= 15 is 0 Å².